The van der Waals surface area contributed by atoms with Crippen LogP contribution in [0, 0.1) is 5.92 Å². The Labute approximate surface area is 202 Å². The quantitative estimate of drug-likeness (QED) is 0.289. The molecule has 8 nitrogen and oxygen atoms in total. The molecule has 3 rings (SSSR count). The third-order valence-electron chi connectivity index (χ3n) is 5.19. The summed E-state index contributed by atoms with van der Waals surface area (Å²) in [6.07, 6.45) is 4.85. The van der Waals surface area contributed by atoms with Crippen molar-refractivity contribution in [1.29, 1.82) is 0 Å². The molecule has 9 heteroatoms. The number of aliphatic imine (C=N–C) groups is 1. The molecule has 2 unspecified atom stereocenters. The molecule has 0 aliphatic carbocycles. The zero-order chi connectivity index (χ0) is 21.3. The van der Waals surface area contributed by atoms with Gasteiger partial charge in [-0.15, -0.1) is 24.0 Å². The zero-order valence-electron chi connectivity index (χ0n) is 18.9. The van der Waals surface area contributed by atoms with Crippen molar-refractivity contribution in [2.45, 2.75) is 32.9 Å². The van der Waals surface area contributed by atoms with Gasteiger partial charge in [0.05, 0.1) is 14.2 Å². The van der Waals surface area contributed by atoms with Crippen molar-refractivity contribution in [3.63, 3.8) is 0 Å². The third kappa shape index (κ3) is 7.48. The largest absolute Gasteiger partial charge is 0.497 e. The van der Waals surface area contributed by atoms with E-state index in [-0.39, 0.29) is 24.0 Å². The van der Waals surface area contributed by atoms with Gasteiger partial charge in [-0.1, -0.05) is 6.92 Å². The van der Waals surface area contributed by atoms with Crippen LogP contribution < -0.4 is 25.0 Å². The Bertz CT molecular complexity index is 792. The van der Waals surface area contributed by atoms with E-state index in [0.717, 1.165) is 62.3 Å². The summed E-state index contributed by atoms with van der Waals surface area (Å²) in [5.74, 6) is 2.90. The number of guanidine groups is 1. The van der Waals surface area contributed by atoms with E-state index in [1.807, 2.05) is 29.2 Å². The number of methoxy groups -OCH3 is 2. The maximum absolute atomic E-state index is 5.41. The third-order valence-corrected chi connectivity index (χ3v) is 5.19. The van der Waals surface area contributed by atoms with E-state index in [0.29, 0.717) is 12.0 Å². The summed E-state index contributed by atoms with van der Waals surface area (Å²) in [4.78, 5) is 7.16. The van der Waals surface area contributed by atoms with Gasteiger partial charge in [-0.3, -0.25) is 9.67 Å². The van der Waals surface area contributed by atoms with E-state index < -0.39 is 0 Å². The molecule has 0 saturated carbocycles. The minimum absolute atomic E-state index is 0. The van der Waals surface area contributed by atoms with Crippen molar-refractivity contribution in [2.24, 2.45) is 10.9 Å². The summed E-state index contributed by atoms with van der Waals surface area (Å²) in [6, 6.07) is 8.30. The summed E-state index contributed by atoms with van der Waals surface area (Å²) in [5, 5.41) is 11.3. The fourth-order valence-electron chi connectivity index (χ4n) is 3.63. The number of anilines is 1. The lowest BCUT2D eigenvalue weighted by molar-refractivity contribution is 0.394. The van der Waals surface area contributed by atoms with E-state index in [1.165, 1.54) is 0 Å². The monoisotopic (exact) mass is 542 g/mol. The van der Waals surface area contributed by atoms with Crippen LogP contribution in [0.15, 0.2) is 41.7 Å². The number of benzene rings is 1. The number of hydrogen-bond donors (Lipinski definition) is 2. The molecule has 1 aromatic carbocycles. The molecular formula is C22H35IN6O2. The number of nitrogens with zero attached hydrogens (tertiary/aromatic N) is 4. The Morgan fingerprint density at radius 1 is 1.26 bits per heavy atom. The lowest BCUT2D eigenvalue weighted by Crippen LogP contribution is -2.44. The van der Waals surface area contributed by atoms with E-state index in [1.54, 1.807) is 14.2 Å². The molecule has 2 N–H and O–H groups in total. The summed E-state index contributed by atoms with van der Waals surface area (Å²) >= 11 is 0. The first-order valence-electron chi connectivity index (χ1n) is 10.6. The van der Waals surface area contributed by atoms with Crippen molar-refractivity contribution < 1.29 is 9.47 Å². The van der Waals surface area contributed by atoms with Gasteiger partial charge in [0.1, 0.15) is 11.5 Å². The van der Waals surface area contributed by atoms with E-state index in [4.69, 9.17) is 14.5 Å². The van der Waals surface area contributed by atoms with Crippen molar-refractivity contribution in [2.75, 3.05) is 45.3 Å². The highest BCUT2D eigenvalue weighted by atomic mass is 127. The maximum Gasteiger partial charge on any atom is 0.191 e. The lowest BCUT2D eigenvalue weighted by Gasteiger charge is -2.21. The van der Waals surface area contributed by atoms with Crippen molar-refractivity contribution in [1.82, 2.24) is 20.4 Å². The molecule has 1 fully saturated rings. The van der Waals surface area contributed by atoms with Crippen LogP contribution in [0.25, 0.3) is 0 Å². The minimum Gasteiger partial charge on any atom is -0.497 e. The van der Waals surface area contributed by atoms with Gasteiger partial charge in [0.2, 0.25) is 0 Å². The number of ether oxygens (including phenoxy) is 2. The molecule has 0 amide bonds. The van der Waals surface area contributed by atoms with Crippen LogP contribution in [0.4, 0.5) is 5.69 Å². The molecule has 0 spiro atoms. The Hall–Kier alpha value is -2.17. The number of halogens is 1. The lowest BCUT2D eigenvalue weighted by atomic mass is 10.2. The molecule has 1 aliphatic heterocycles. The Balaban J connectivity index is 0.00000341. The van der Waals surface area contributed by atoms with Gasteiger partial charge in [-0.25, -0.2) is 0 Å². The summed E-state index contributed by atoms with van der Waals surface area (Å²) in [6.45, 7) is 8.62. The van der Waals surface area contributed by atoms with Gasteiger partial charge in [-0.2, -0.15) is 5.10 Å². The normalized spacial score (nSPS) is 17.1. The predicted molar refractivity (Wildman–Crippen MR) is 136 cm³/mol. The molecule has 1 aromatic heterocycles. The second-order valence-electron chi connectivity index (χ2n) is 7.70. The number of hydrogen-bond acceptors (Lipinski definition) is 5. The standard InChI is InChI=1S/C22H34N6O2.HI/c1-5-23-22(24-14-17(2)15-28-9-6-8-25-28)26-18-7-10-27(16-18)19-11-20(29-3)13-21(12-19)30-4;/h6,8-9,11-13,17-18H,5,7,10,14-16H2,1-4H3,(H2,23,24,26);1H. The summed E-state index contributed by atoms with van der Waals surface area (Å²) in [5.41, 5.74) is 1.12. The fourth-order valence-corrected chi connectivity index (χ4v) is 3.63. The minimum atomic E-state index is 0. The Morgan fingerprint density at radius 2 is 2.00 bits per heavy atom. The first-order chi connectivity index (χ1) is 14.6. The van der Waals surface area contributed by atoms with E-state index in [2.05, 4.69) is 46.6 Å². The predicted octanol–water partition coefficient (Wildman–Crippen LogP) is 2.99. The average Bonchev–Trinajstić information content (AvgIpc) is 3.44. The van der Waals surface area contributed by atoms with E-state index >= 15 is 0 Å². The molecule has 2 heterocycles. The van der Waals surface area contributed by atoms with Gasteiger partial charge in [0.15, 0.2) is 5.96 Å². The average molecular weight is 542 g/mol. The Kier molecular flexibility index (Phi) is 10.2. The highest BCUT2D eigenvalue weighted by Gasteiger charge is 2.24. The van der Waals surface area contributed by atoms with Crippen molar-refractivity contribution in [3.05, 3.63) is 36.7 Å². The number of nitrogens with one attached hydrogen (secondary N) is 2. The molecule has 0 radical (unpaired) electrons. The molecule has 31 heavy (non-hydrogen) atoms. The van der Waals surface area contributed by atoms with Gasteiger partial charge in [0.25, 0.3) is 0 Å². The fraction of sp³-hybridized carbons (Fsp3) is 0.545. The highest BCUT2D eigenvalue weighted by molar-refractivity contribution is 14.0. The molecule has 1 aliphatic rings. The second kappa shape index (κ2) is 12.6. The SMILES string of the molecule is CCNC(=NCC(C)Cn1cccn1)NC1CCN(c2cc(OC)cc(OC)c2)C1.I. The number of rotatable bonds is 9. The van der Waals surface area contributed by atoms with Crippen molar-refractivity contribution in [3.8, 4) is 11.5 Å². The number of aromatic nitrogens is 2. The first-order valence-corrected chi connectivity index (χ1v) is 10.6. The van der Waals surface area contributed by atoms with Crippen LogP contribution in [0.1, 0.15) is 20.3 Å². The van der Waals surface area contributed by atoms with Crippen LogP contribution >= 0.6 is 24.0 Å². The summed E-state index contributed by atoms with van der Waals surface area (Å²) in [7, 11) is 3.36. The van der Waals surface area contributed by atoms with Gasteiger partial charge in [0, 0.05) is 75.0 Å². The van der Waals surface area contributed by atoms with Gasteiger partial charge in [-0.05, 0) is 25.3 Å². The Morgan fingerprint density at radius 3 is 2.61 bits per heavy atom. The van der Waals surface area contributed by atoms with Gasteiger partial charge < -0.3 is 25.0 Å². The van der Waals surface area contributed by atoms with Crippen LogP contribution in [-0.4, -0.2) is 62.2 Å². The van der Waals surface area contributed by atoms with E-state index in [9.17, 15) is 0 Å². The first kappa shape index (κ1) is 25.1. The molecule has 0 bridgehead atoms. The topological polar surface area (TPSA) is 75.9 Å². The van der Waals surface area contributed by atoms with Crippen LogP contribution in [-0.2, 0) is 6.54 Å². The summed E-state index contributed by atoms with van der Waals surface area (Å²) < 4.78 is 12.8. The molecule has 172 valence electrons. The maximum atomic E-state index is 5.41. The molecule has 2 aromatic rings. The van der Waals surface area contributed by atoms with Gasteiger partial charge >= 0.3 is 0 Å². The van der Waals surface area contributed by atoms with Crippen LogP contribution in [0.5, 0.6) is 11.5 Å². The smallest absolute Gasteiger partial charge is 0.191 e. The highest BCUT2D eigenvalue weighted by Crippen LogP contribution is 2.30. The molecular weight excluding hydrogens is 507 g/mol. The molecule has 1 saturated heterocycles. The van der Waals surface area contributed by atoms with Crippen LogP contribution in [0.3, 0.4) is 0 Å². The second-order valence-corrected chi connectivity index (χ2v) is 7.70. The van der Waals surface area contributed by atoms with Crippen LogP contribution in [0.2, 0.25) is 0 Å². The molecule has 2 atom stereocenters. The zero-order valence-corrected chi connectivity index (χ0v) is 21.2. The van der Waals surface area contributed by atoms with Crippen molar-refractivity contribution >= 4 is 35.6 Å².